The Morgan fingerprint density at radius 2 is 2.35 bits per heavy atom. The molecule has 3 nitrogen and oxygen atoms in total. The van der Waals surface area contributed by atoms with Gasteiger partial charge in [-0.05, 0) is 51.3 Å². The molecule has 1 aliphatic rings. The first-order valence-electron chi connectivity index (χ1n) is 6.67. The van der Waals surface area contributed by atoms with Crippen molar-refractivity contribution >= 4 is 0 Å². The maximum absolute atomic E-state index is 6.03. The van der Waals surface area contributed by atoms with Gasteiger partial charge in [0.2, 0.25) is 0 Å². The summed E-state index contributed by atoms with van der Waals surface area (Å²) in [5, 5.41) is 3.56. The molecule has 1 aromatic heterocycles. The third-order valence-electron chi connectivity index (χ3n) is 3.54. The second kappa shape index (κ2) is 5.69. The van der Waals surface area contributed by atoms with Gasteiger partial charge in [0.25, 0.3) is 0 Å². The zero-order chi connectivity index (χ0) is 12.1. The molecule has 96 valence electrons. The lowest BCUT2D eigenvalue weighted by atomic mass is 9.86. The molecule has 1 saturated heterocycles. The molecule has 0 amide bonds. The Hall–Kier alpha value is -0.800. The molecule has 0 spiro atoms. The molecular formula is C14H23NO2. The number of furan rings is 1. The van der Waals surface area contributed by atoms with E-state index in [2.05, 4.69) is 19.2 Å². The number of rotatable bonds is 5. The highest BCUT2D eigenvalue weighted by molar-refractivity contribution is 5.10. The minimum atomic E-state index is -0.134. The molecule has 2 unspecified atom stereocenters. The summed E-state index contributed by atoms with van der Waals surface area (Å²) >= 11 is 0. The van der Waals surface area contributed by atoms with E-state index in [1.54, 1.807) is 6.26 Å². The van der Waals surface area contributed by atoms with Crippen molar-refractivity contribution in [2.45, 2.75) is 51.2 Å². The Kier molecular flexibility index (Phi) is 4.24. The highest BCUT2D eigenvalue weighted by Gasteiger charge is 2.38. The Morgan fingerprint density at radius 1 is 1.47 bits per heavy atom. The van der Waals surface area contributed by atoms with E-state index in [-0.39, 0.29) is 11.6 Å². The molecule has 2 atom stereocenters. The Bertz CT molecular complexity index is 315. The van der Waals surface area contributed by atoms with Gasteiger partial charge in [0.15, 0.2) is 0 Å². The van der Waals surface area contributed by atoms with Gasteiger partial charge in [-0.15, -0.1) is 0 Å². The molecule has 3 heteroatoms. The van der Waals surface area contributed by atoms with Crippen molar-refractivity contribution in [3.63, 3.8) is 0 Å². The zero-order valence-corrected chi connectivity index (χ0v) is 10.9. The summed E-state index contributed by atoms with van der Waals surface area (Å²) in [6, 6.07) is 4.15. The minimum absolute atomic E-state index is 0.134. The van der Waals surface area contributed by atoms with Crippen LogP contribution in [0.4, 0.5) is 0 Å². The van der Waals surface area contributed by atoms with Gasteiger partial charge in [0, 0.05) is 6.61 Å². The van der Waals surface area contributed by atoms with E-state index in [0.717, 1.165) is 31.8 Å². The van der Waals surface area contributed by atoms with Gasteiger partial charge in [0.1, 0.15) is 5.76 Å². The van der Waals surface area contributed by atoms with E-state index in [1.807, 2.05) is 12.1 Å². The average Bonchev–Trinajstić information content (AvgIpc) is 2.84. The van der Waals surface area contributed by atoms with Crippen LogP contribution in [0.1, 0.15) is 51.3 Å². The molecule has 0 aromatic carbocycles. The first-order chi connectivity index (χ1) is 8.26. The maximum Gasteiger partial charge on any atom is 0.123 e. The van der Waals surface area contributed by atoms with Gasteiger partial charge in [-0.3, -0.25) is 0 Å². The fraction of sp³-hybridized carbons (Fsp3) is 0.714. The van der Waals surface area contributed by atoms with Crippen molar-refractivity contribution in [3.05, 3.63) is 24.2 Å². The summed E-state index contributed by atoms with van der Waals surface area (Å²) in [6.07, 6.45) is 6.36. The maximum atomic E-state index is 6.03. The lowest BCUT2D eigenvalue weighted by molar-refractivity contribution is -0.0934. The Balaban J connectivity index is 2.13. The van der Waals surface area contributed by atoms with Crippen molar-refractivity contribution in [1.29, 1.82) is 0 Å². The predicted molar refractivity (Wildman–Crippen MR) is 68.0 cm³/mol. The SMILES string of the molecule is CCCNC(c1ccco1)C1(C)CCCCO1. The highest BCUT2D eigenvalue weighted by atomic mass is 16.5. The molecule has 0 radical (unpaired) electrons. The van der Waals surface area contributed by atoms with Crippen molar-refractivity contribution < 1.29 is 9.15 Å². The van der Waals surface area contributed by atoms with E-state index in [4.69, 9.17) is 9.15 Å². The fourth-order valence-corrected chi connectivity index (χ4v) is 2.54. The first kappa shape index (κ1) is 12.7. The van der Waals surface area contributed by atoms with Gasteiger partial charge < -0.3 is 14.5 Å². The third kappa shape index (κ3) is 2.90. The minimum Gasteiger partial charge on any atom is -0.468 e. The molecule has 1 N–H and O–H groups in total. The lowest BCUT2D eigenvalue weighted by Gasteiger charge is -2.40. The fourth-order valence-electron chi connectivity index (χ4n) is 2.54. The molecule has 0 bridgehead atoms. The third-order valence-corrected chi connectivity index (χ3v) is 3.54. The molecule has 0 saturated carbocycles. The summed E-state index contributed by atoms with van der Waals surface area (Å²) in [6.45, 7) is 6.23. The Morgan fingerprint density at radius 3 is 2.94 bits per heavy atom. The highest BCUT2D eigenvalue weighted by Crippen LogP contribution is 2.36. The van der Waals surface area contributed by atoms with E-state index < -0.39 is 0 Å². The zero-order valence-electron chi connectivity index (χ0n) is 10.9. The summed E-state index contributed by atoms with van der Waals surface area (Å²) in [5.41, 5.74) is -0.134. The van der Waals surface area contributed by atoms with E-state index in [1.165, 1.54) is 12.8 Å². The standard InChI is InChI=1S/C14H23NO2/c1-3-9-15-13(12-7-6-10-16-12)14(2)8-4-5-11-17-14/h6-7,10,13,15H,3-5,8-9,11H2,1-2H3. The molecular weight excluding hydrogens is 214 g/mol. The van der Waals surface area contributed by atoms with Gasteiger partial charge in [0.05, 0.1) is 17.9 Å². The summed E-state index contributed by atoms with van der Waals surface area (Å²) in [7, 11) is 0. The number of ether oxygens (including phenoxy) is 1. The van der Waals surface area contributed by atoms with Crippen molar-refractivity contribution in [2.24, 2.45) is 0 Å². The average molecular weight is 237 g/mol. The van der Waals surface area contributed by atoms with Crippen LogP contribution in [0.25, 0.3) is 0 Å². The molecule has 0 aliphatic carbocycles. The molecule has 1 fully saturated rings. The second-order valence-corrected chi connectivity index (χ2v) is 5.02. The largest absolute Gasteiger partial charge is 0.468 e. The van der Waals surface area contributed by atoms with Crippen LogP contribution >= 0.6 is 0 Å². The lowest BCUT2D eigenvalue weighted by Crippen LogP contribution is -2.46. The van der Waals surface area contributed by atoms with E-state index >= 15 is 0 Å². The smallest absolute Gasteiger partial charge is 0.123 e. The van der Waals surface area contributed by atoms with Gasteiger partial charge in [-0.2, -0.15) is 0 Å². The molecule has 1 aromatic rings. The molecule has 1 aliphatic heterocycles. The van der Waals surface area contributed by atoms with Gasteiger partial charge in [-0.1, -0.05) is 6.92 Å². The van der Waals surface area contributed by atoms with Crippen LogP contribution in [0.2, 0.25) is 0 Å². The van der Waals surface area contributed by atoms with Crippen molar-refractivity contribution in [3.8, 4) is 0 Å². The second-order valence-electron chi connectivity index (χ2n) is 5.02. The van der Waals surface area contributed by atoms with Crippen LogP contribution < -0.4 is 5.32 Å². The number of hydrogen-bond donors (Lipinski definition) is 1. The topological polar surface area (TPSA) is 34.4 Å². The monoisotopic (exact) mass is 237 g/mol. The number of hydrogen-bond acceptors (Lipinski definition) is 3. The van der Waals surface area contributed by atoms with Crippen LogP contribution in [-0.2, 0) is 4.74 Å². The van der Waals surface area contributed by atoms with Crippen LogP contribution in [0.5, 0.6) is 0 Å². The summed E-state index contributed by atoms with van der Waals surface area (Å²) in [4.78, 5) is 0. The van der Waals surface area contributed by atoms with E-state index in [0.29, 0.717) is 0 Å². The van der Waals surface area contributed by atoms with Crippen LogP contribution in [0, 0.1) is 0 Å². The summed E-state index contributed by atoms with van der Waals surface area (Å²) < 4.78 is 11.6. The molecule has 2 heterocycles. The predicted octanol–water partition coefficient (Wildman–Crippen LogP) is 3.28. The van der Waals surface area contributed by atoms with Crippen molar-refractivity contribution in [2.75, 3.05) is 13.2 Å². The normalized spacial score (nSPS) is 26.9. The Labute approximate surface area is 104 Å². The molecule has 17 heavy (non-hydrogen) atoms. The van der Waals surface area contributed by atoms with Crippen molar-refractivity contribution in [1.82, 2.24) is 5.32 Å². The van der Waals surface area contributed by atoms with Gasteiger partial charge in [-0.25, -0.2) is 0 Å². The van der Waals surface area contributed by atoms with Crippen LogP contribution in [0.3, 0.4) is 0 Å². The van der Waals surface area contributed by atoms with Gasteiger partial charge >= 0.3 is 0 Å². The van der Waals surface area contributed by atoms with Crippen LogP contribution in [-0.4, -0.2) is 18.8 Å². The van der Waals surface area contributed by atoms with Crippen LogP contribution in [0.15, 0.2) is 22.8 Å². The first-order valence-corrected chi connectivity index (χ1v) is 6.67. The number of nitrogens with one attached hydrogen (secondary N) is 1. The van der Waals surface area contributed by atoms with E-state index in [9.17, 15) is 0 Å². The summed E-state index contributed by atoms with van der Waals surface area (Å²) in [5.74, 6) is 0.989. The molecule has 2 rings (SSSR count). The quantitative estimate of drug-likeness (QED) is 0.853.